The summed E-state index contributed by atoms with van der Waals surface area (Å²) in [7, 11) is 1.39. The molecule has 11 N–H and O–H groups in total. The summed E-state index contributed by atoms with van der Waals surface area (Å²) in [5.41, 5.74) is 5.64. The zero-order chi connectivity index (χ0) is 32.4. The molecule has 0 unspecified atom stereocenters. The molecule has 3 aromatic rings. The Kier molecular flexibility index (Phi) is 12.0. The van der Waals surface area contributed by atoms with Crippen LogP contribution in [0.15, 0.2) is 34.7 Å². The van der Waals surface area contributed by atoms with Gasteiger partial charge in [0.2, 0.25) is 17.6 Å². The third kappa shape index (κ3) is 9.44. The van der Waals surface area contributed by atoms with Gasteiger partial charge in [0.25, 0.3) is 0 Å². The number of nitrogens with one attached hydrogen (secondary N) is 2. The molecule has 0 aliphatic carbocycles. The SMILES string of the molecule is COc1cc2c(O)cc(O)cc2[o+]c1-c1cc(O)c(O)c(O)c1.N[C@H](CCC(=O)N[C@@H](CS)C(=O)NCC(=O)O)C(=O)O. The van der Waals surface area contributed by atoms with Gasteiger partial charge in [0, 0.05) is 36.4 Å². The molecule has 2 aromatic carbocycles. The van der Waals surface area contributed by atoms with E-state index in [0.717, 1.165) is 6.07 Å². The normalized spacial score (nSPS) is 11.9. The number of aromatic hydroxyl groups is 5. The lowest BCUT2D eigenvalue weighted by Crippen LogP contribution is -2.49. The van der Waals surface area contributed by atoms with Crippen LogP contribution in [0.25, 0.3) is 22.3 Å². The Hall–Kier alpha value is -5.16. The van der Waals surface area contributed by atoms with Crippen molar-refractivity contribution >= 4 is 47.4 Å². The molecule has 3 rings (SSSR count). The van der Waals surface area contributed by atoms with Crippen molar-refractivity contribution in [3.8, 4) is 45.8 Å². The maximum absolute atomic E-state index is 11.5. The minimum atomic E-state index is -1.22. The standard InChI is InChI=1S/C16H12O7.C10H17N3O6S/c1-22-14-6-9-10(18)4-8(17)5-13(9)23-16(14)7-2-11(19)15(21)12(20)3-7;11-5(10(18)19)1-2-7(14)13-6(4-20)9(17)12-3-8(15)16/h2-6H,1H3,(H4-,17,18,19,20,21);5-6,20H,1-4,11H2,(H,12,17)(H,13,14)(H,15,16)(H,18,19)/p+1/t;5-,6+/m.1/s1. The molecule has 16 nitrogen and oxygen atoms in total. The number of thiol groups is 1. The Bertz CT molecular complexity index is 1490. The van der Waals surface area contributed by atoms with Crippen molar-refractivity contribution in [2.24, 2.45) is 5.73 Å². The van der Waals surface area contributed by atoms with Crippen molar-refractivity contribution in [2.75, 3.05) is 19.4 Å². The number of phenols is 5. The fourth-order valence-corrected chi connectivity index (χ4v) is 3.69. The molecule has 0 saturated carbocycles. The Morgan fingerprint density at radius 2 is 1.60 bits per heavy atom. The van der Waals surface area contributed by atoms with Crippen molar-refractivity contribution in [3.05, 3.63) is 30.3 Å². The first kappa shape index (κ1) is 34.0. The summed E-state index contributed by atoms with van der Waals surface area (Å²) in [6, 6.07) is 4.18. The van der Waals surface area contributed by atoms with Gasteiger partial charge in [0.05, 0.1) is 18.7 Å². The number of amides is 2. The second kappa shape index (κ2) is 15.2. The van der Waals surface area contributed by atoms with E-state index in [2.05, 4.69) is 23.3 Å². The van der Waals surface area contributed by atoms with Crippen molar-refractivity contribution in [1.29, 1.82) is 0 Å². The molecular weight excluding hydrogens is 594 g/mol. The molecule has 1 aromatic heterocycles. The van der Waals surface area contributed by atoms with Crippen LogP contribution in [0.5, 0.6) is 34.5 Å². The Morgan fingerprint density at radius 1 is 0.977 bits per heavy atom. The highest BCUT2D eigenvalue weighted by molar-refractivity contribution is 7.80. The maximum Gasteiger partial charge on any atom is 0.402 e. The Balaban J connectivity index is 0.000000304. The van der Waals surface area contributed by atoms with Crippen LogP contribution in [0.4, 0.5) is 0 Å². The zero-order valence-electron chi connectivity index (χ0n) is 22.5. The second-order valence-corrected chi connectivity index (χ2v) is 9.15. The predicted octanol–water partition coefficient (Wildman–Crippen LogP) is 0.711. The van der Waals surface area contributed by atoms with Crippen molar-refractivity contribution in [3.63, 3.8) is 0 Å². The van der Waals surface area contributed by atoms with Crippen LogP contribution >= 0.6 is 12.6 Å². The molecule has 232 valence electrons. The monoisotopic (exact) mass is 624 g/mol. The minimum absolute atomic E-state index is 0.0256. The van der Waals surface area contributed by atoms with Gasteiger partial charge in [0.1, 0.15) is 35.5 Å². The average molecular weight is 625 g/mol. The summed E-state index contributed by atoms with van der Waals surface area (Å²) in [6.07, 6.45) is -0.235. The molecule has 2 amide bonds. The van der Waals surface area contributed by atoms with Gasteiger partial charge in [-0.1, -0.05) is 0 Å². The van der Waals surface area contributed by atoms with E-state index in [4.69, 9.17) is 25.1 Å². The number of ether oxygens (including phenoxy) is 1. The number of benzene rings is 2. The van der Waals surface area contributed by atoms with E-state index < -0.39 is 59.6 Å². The van der Waals surface area contributed by atoms with E-state index in [1.165, 1.54) is 31.4 Å². The van der Waals surface area contributed by atoms with Gasteiger partial charge in [-0.15, -0.1) is 0 Å². The number of nitrogens with two attached hydrogens (primary N) is 1. The minimum Gasteiger partial charge on any atom is -0.507 e. The van der Waals surface area contributed by atoms with Gasteiger partial charge in [-0.3, -0.25) is 19.2 Å². The lowest BCUT2D eigenvalue weighted by molar-refractivity contribution is -0.139. The summed E-state index contributed by atoms with van der Waals surface area (Å²) in [5, 5.41) is 69.8. The first-order chi connectivity index (χ1) is 20.2. The van der Waals surface area contributed by atoms with Gasteiger partial charge in [-0.05, 0) is 6.42 Å². The first-order valence-electron chi connectivity index (χ1n) is 12.2. The van der Waals surface area contributed by atoms with E-state index in [9.17, 15) is 44.7 Å². The van der Waals surface area contributed by atoms with Crippen LogP contribution in [0, 0.1) is 0 Å². The van der Waals surface area contributed by atoms with E-state index in [1.54, 1.807) is 0 Å². The van der Waals surface area contributed by atoms with E-state index >= 15 is 0 Å². The number of hydrogen-bond donors (Lipinski definition) is 11. The third-order valence-corrected chi connectivity index (χ3v) is 5.98. The van der Waals surface area contributed by atoms with Gasteiger partial charge >= 0.3 is 23.3 Å². The lowest BCUT2D eigenvalue weighted by Gasteiger charge is -2.16. The van der Waals surface area contributed by atoms with Crippen LogP contribution in [0.1, 0.15) is 12.8 Å². The van der Waals surface area contributed by atoms with Gasteiger partial charge in [-0.2, -0.15) is 12.6 Å². The molecule has 43 heavy (non-hydrogen) atoms. The average Bonchev–Trinajstić information content (AvgIpc) is 2.95. The van der Waals surface area contributed by atoms with E-state index in [0.29, 0.717) is 5.39 Å². The highest BCUT2D eigenvalue weighted by atomic mass is 32.1. The van der Waals surface area contributed by atoms with Crippen LogP contribution in [-0.4, -0.2) is 91.0 Å². The number of carbonyl (C=O) groups is 4. The van der Waals surface area contributed by atoms with Crippen LogP contribution in [0.2, 0.25) is 0 Å². The summed E-state index contributed by atoms with van der Waals surface area (Å²) in [6.45, 7) is -0.567. The molecule has 0 fully saturated rings. The zero-order valence-corrected chi connectivity index (χ0v) is 23.4. The van der Waals surface area contributed by atoms with Gasteiger partial charge in [-0.25, -0.2) is 4.42 Å². The molecule has 0 radical (unpaired) electrons. The predicted molar refractivity (Wildman–Crippen MR) is 152 cm³/mol. The largest absolute Gasteiger partial charge is 0.507 e. The first-order valence-corrected chi connectivity index (χ1v) is 12.8. The number of carboxylic acid groups (broad SMARTS) is 2. The highest BCUT2D eigenvalue weighted by Gasteiger charge is 2.27. The highest BCUT2D eigenvalue weighted by Crippen LogP contribution is 2.43. The molecule has 2 atom stereocenters. The summed E-state index contributed by atoms with van der Waals surface area (Å²) in [4.78, 5) is 43.7. The van der Waals surface area contributed by atoms with Crippen LogP contribution in [-0.2, 0) is 19.2 Å². The van der Waals surface area contributed by atoms with Crippen LogP contribution < -0.4 is 21.1 Å². The Morgan fingerprint density at radius 3 is 2.14 bits per heavy atom. The molecule has 0 saturated heterocycles. The number of fused-ring (bicyclic) bond motifs is 1. The number of carbonyl (C=O) groups excluding carboxylic acids is 2. The summed E-state index contributed by atoms with van der Waals surface area (Å²) >= 11 is 3.87. The second-order valence-electron chi connectivity index (χ2n) is 8.78. The smallest absolute Gasteiger partial charge is 0.402 e. The summed E-state index contributed by atoms with van der Waals surface area (Å²) in [5.74, 6) is -5.43. The quantitative estimate of drug-likeness (QED) is 0.0796. The maximum atomic E-state index is 11.5. The van der Waals surface area contributed by atoms with E-state index in [-0.39, 0.29) is 52.7 Å². The lowest BCUT2D eigenvalue weighted by atomic mass is 10.1. The Labute approximate surface area is 248 Å². The van der Waals surface area contributed by atoms with Crippen molar-refractivity contribution < 1.29 is 64.1 Å². The molecule has 1 heterocycles. The number of phenolic OH excluding ortho intramolecular Hbond substituents is 5. The molecular formula is C26H30N3O13S+. The number of carboxylic acids is 2. The number of rotatable bonds is 11. The summed E-state index contributed by atoms with van der Waals surface area (Å²) < 4.78 is 10.8. The fraction of sp³-hybridized carbons (Fsp3) is 0.269. The molecule has 17 heteroatoms. The van der Waals surface area contributed by atoms with Gasteiger partial charge in [0.15, 0.2) is 17.2 Å². The van der Waals surface area contributed by atoms with Crippen LogP contribution in [0.3, 0.4) is 0 Å². The number of hydrogen-bond acceptors (Lipinski definition) is 12. The molecule has 0 spiro atoms. The number of aliphatic carboxylic acids is 2. The number of methoxy groups -OCH3 is 1. The van der Waals surface area contributed by atoms with Crippen molar-refractivity contribution in [1.82, 2.24) is 10.6 Å². The third-order valence-electron chi connectivity index (χ3n) is 5.62. The molecule has 0 aliphatic heterocycles. The molecule has 0 bridgehead atoms. The fourth-order valence-electron chi connectivity index (χ4n) is 3.43. The topological polar surface area (TPSA) is 280 Å². The van der Waals surface area contributed by atoms with Gasteiger partial charge < -0.3 is 56.8 Å². The molecule has 0 aliphatic rings. The van der Waals surface area contributed by atoms with E-state index in [1.807, 2.05) is 0 Å². The van der Waals surface area contributed by atoms with Crippen molar-refractivity contribution in [2.45, 2.75) is 24.9 Å².